The van der Waals surface area contributed by atoms with E-state index in [1.165, 1.54) is 22.4 Å². The van der Waals surface area contributed by atoms with Crippen LogP contribution in [0.4, 0.5) is 5.13 Å². The molecule has 2 aromatic carbocycles. The highest BCUT2D eigenvalue weighted by molar-refractivity contribution is 9.10. The molecule has 2 aromatic heterocycles. The van der Waals surface area contributed by atoms with E-state index in [4.69, 9.17) is 4.74 Å². The molecule has 1 amide bonds. The smallest absolute Gasteiger partial charge is 0.261 e. The topological polar surface area (TPSA) is 55.3 Å². The lowest BCUT2D eigenvalue weighted by Gasteiger charge is -2.13. The van der Waals surface area contributed by atoms with Gasteiger partial charge in [-0.2, -0.15) is 0 Å². The number of fused-ring (bicyclic) bond motifs is 1. The molecule has 0 spiro atoms. The van der Waals surface area contributed by atoms with Crippen molar-refractivity contribution in [1.82, 2.24) is 9.97 Å². The van der Waals surface area contributed by atoms with E-state index in [1.807, 2.05) is 48.5 Å². The number of nitrogens with zero attached hydrogens (tertiary/aromatic N) is 3. The summed E-state index contributed by atoms with van der Waals surface area (Å²) in [5.41, 5.74) is 1.35. The van der Waals surface area contributed by atoms with Gasteiger partial charge in [0.15, 0.2) is 5.13 Å². The van der Waals surface area contributed by atoms with E-state index in [9.17, 15) is 4.79 Å². The third-order valence-electron chi connectivity index (χ3n) is 3.88. The highest BCUT2D eigenvalue weighted by Gasteiger charge is 2.17. The number of pyridine rings is 1. The van der Waals surface area contributed by atoms with Crippen LogP contribution in [0.2, 0.25) is 0 Å². The number of para-hydroxylation sites is 1. The summed E-state index contributed by atoms with van der Waals surface area (Å²) in [7, 11) is 1.71. The van der Waals surface area contributed by atoms with Crippen LogP contribution >= 0.6 is 27.3 Å². The lowest BCUT2D eigenvalue weighted by Crippen LogP contribution is -2.26. The first-order valence-corrected chi connectivity index (χ1v) is 9.74. The Morgan fingerprint density at radius 2 is 1.96 bits per heavy atom. The second-order valence-corrected chi connectivity index (χ2v) is 7.70. The molecule has 27 heavy (non-hydrogen) atoms. The number of hydrogen-bond donors (Lipinski definition) is 0. The van der Waals surface area contributed by atoms with Crippen molar-refractivity contribution in [3.63, 3.8) is 0 Å². The van der Waals surface area contributed by atoms with Gasteiger partial charge in [0.1, 0.15) is 5.75 Å². The molecule has 5 nitrogen and oxygen atoms in total. The molecule has 0 saturated heterocycles. The van der Waals surface area contributed by atoms with Gasteiger partial charge < -0.3 is 4.74 Å². The van der Waals surface area contributed by atoms with Gasteiger partial charge in [-0.05, 0) is 36.4 Å². The lowest BCUT2D eigenvalue weighted by molar-refractivity contribution is 0.0992. The summed E-state index contributed by atoms with van der Waals surface area (Å²) in [5, 5.41) is 0.649. The van der Waals surface area contributed by atoms with Gasteiger partial charge in [-0.25, -0.2) is 9.97 Å². The molecule has 134 valence electrons. The summed E-state index contributed by atoms with van der Waals surface area (Å²) in [6.45, 7) is 0. The van der Waals surface area contributed by atoms with Gasteiger partial charge >= 0.3 is 0 Å². The fraction of sp³-hybridized carbons (Fsp3) is 0.0500. The van der Waals surface area contributed by atoms with Gasteiger partial charge in [0.2, 0.25) is 5.88 Å². The largest absolute Gasteiger partial charge is 0.439 e. The summed E-state index contributed by atoms with van der Waals surface area (Å²) < 4.78 is 7.67. The van der Waals surface area contributed by atoms with Crippen molar-refractivity contribution < 1.29 is 9.53 Å². The van der Waals surface area contributed by atoms with Crippen molar-refractivity contribution in [2.75, 3.05) is 11.9 Å². The van der Waals surface area contributed by atoms with Crippen molar-refractivity contribution in [1.29, 1.82) is 0 Å². The Balaban J connectivity index is 1.51. The van der Waals surface area contributed by atoms with Crippen LogP contribution in [-0.2, 0) is 0 Å². The molecule has 0 aliphatic heterocycles. The summed E-state index contributed by atoms with van der Waals surface area (Å²) in [6, 6.07) is 18.7. The summed E-state index contributed by atoms with van der Waals surface area (Å²) in [4.78, 5) is 23.0. The Morgan fingerprint density at radius 1 is 1.11 bits per heavy atom. The first-order valence-electron chi connectivity index (χ1n) is 8.13. The van der Waals surface area contributed by atoms with E-state index in [2.05, 4.69) is 25.9 Å². The maximum atomic E-state index is 12.7. The SMILES string of the molecule is CN(C(=O)c1ccc(Oc2cccc(Br)c2)nc1)c1nc2ccccc2s1. The minimum Gasteiger partial charge on any atom is -0.439 e. The summed E-state index contributed by atoms with van der Waals surface area (Å²) >= 11 is 4.88. The highest BCUT2D eigenvalue weighted by Crippen LogP contribution is 2.29. The second-order valence-electron chi connectivity index (χ2n) is 5.77. The molecule has 0 aliphatic rings. The van der Waals surface area contributed by atoms with Crippen molar-refractivity contribution >= 4 is 48.5 Å². The fourth-order valence-electron chi connectivity index (χ4n) is 2.50. The number of benzene rings is 2. The van der Waals surface area contributed by atoms with Gasteiger partial charge in [-0.1, -0.05) is 45.5 Å². The zero-order valence-corrected chi connectivity index (χ0v) is 16.7. The summed E-state index contributed by atoms with van der Waals surface area (Å²) in [6.07, 6.45) is 1.51. The van der Waals surface area contributed by atoms with Crippen molar-refractivity contribution in [3.05, 3.63) is 76.9 Å². The quantitative estimate of drug-likeness (QED) is 0.419. The fourth-order valence-corrected chi connectivity index (χ4v) is 3.81. The van der Waals surface area contributed by atoms with Gasteiger partial charge in [0, 0.05) is 23.8 Å². The normalized spacial score (nSPS) is 10.7. The third kappa shape index (κ3) is 3.84. The van der Waals surface area contributed by atoms with Gasteiger partial charge in [-0.3, -0.25) is 9.69 Å². The number of halogens is 1. The maximum Gasteiger partial charge on any atom is 0.261 e. The first-order chi connectivity index (χ1) is 13.1. The Hall–Kier alpha value is -2.77. The molecule has 0 bridgehead atoms. The van der Waals surface area contributed by atoms with Crippen LogP contribution in [0.25, 0.3) is 10.2 Å². The van der Waals surface area contributed by atoms with Crippen LogP contribution in [0.3, 0.4) is 0 Å². The number of hydrogen-bond acceptors (Lipinski definition) is 5. The molecule has 0 fully saturated rings. The highest BCUT2D eigenvalue weighted by atomic mass is 79.9. The van der Waals surface area contributed by atoms with E-state index in [0.29, 0.717) is 22.3 Å². The first kappa shape index (κ1) is 17.6. The monoisotopic (exact) mass is 439 g/mol. The summed E-state index contributed by atoms with van der Waals surface area (Å²) in [5.74, 6) is 0.922. The van der Waals surface area contributed by atoms with Gasteiger partial charge in [0.25, 0.3) is 5.91 Å². The molecule has 0 radical (unpaired) electrons. The Labute approximate surface area is 168 Å². The molecular formula is C20H14BrN3O2S. The Morgan fingerprint density at radius 3 is 2.70 bits per heavy atom. The maximum absolute atomic E-state index is 12.7. The molecule has 0 unspecified atom stereocenters. The van der Waals surface area contributed by atoms with Crippen LogP contribution in [0.5, 0.6) is 11.6 Å². The van der Waals surface area contributed by atoms with Crippen LogP contribution in [0.15, 0.2) is 71.3 Å². The predicted molar refractivity (Wildman–Crippen MR) is 111 cm³/mol. The van der Waals surface area contributed by atoms with Gasteiger partial charge in [0.05, 0.1) is 15.8 Å². The number of amides is 1. The number of rotatable bonds is 4. The van der Waals surface area contributed by atoms with Crippen molar-refractivity contribution in [2.24, 2.45) is 0 Å². The van der Waals surface area contributed by atoms with E-state index < -0.39 is 0 Å². The molecule has 4 rings (SSSR count). The van der Waals surface area contributed by atoms with E-state index >= 15 is 0 Å². The molecule has 0 atom stereocenters. The Kier molecular flexibility index (Phi) is 4.87. The number of carbonyl (C=O) groups excluding carboxylic acids is 1. The number of thiazole rings is 1. The molecule has 0 saturated carbocycles. The standard InChI is InChI=1S/C20H14BrN3O2S/c1-24(20-23-16-7-2-3-8-17(16)27-20)19(25)13-9-10-18(22-12-13)26-15-6-4-5-14(21)11-15/h2-12H,1H3. The minimum absolute atomic E-state index is 0.171. The van der Waals surface area contributed by atoms with Crippen molar-refractivity contribution in [3.8, 4) is 11.6 Å². The average Bonchev–Trinajstić information content (AvgIpc) is 3.12. The molecular weight excluding hydrogens is 426 g/mol. The van der Waals surface area contributed by atoms with Crippen LogP contribution < -0.4 is 9.64 Å². The average molecular weight is 440 g/mol. The van der Waals surface area contributed by atoms with Gasteiger partial charge in [-0.15, -0.1) is 0 Å². The number of ether oxygens (including phenoxy) is 1. The molecule has 4 aromatic rings. The van der Waals surface area contributed by atoms with Crippen LogP contribution in [0.1, 0.15) is 10.4 Å². The molecule has 2 heterocycles. The van der Waals surface area contributed by atoms with Crippen molar-refractivity contribution in [2.45, 2.75) is 0 Å². The minimum atomic E-state index is -0.171. The zero-order valence-electron chi connectivity index (χ0n) is 14.3. The second kappa shape index (κ2) is 7.46. The van der Waals surface area contributed by atoms with E-state index in [1.54, 1.807) is 19.2 Å². The zero-order chi connectivity index (χ0) is 18.8. The van der Waals surface area contributed by atoms with Crippen LogP contribution in [-0.4, -0.2) is 22.9 Å². The number of carbonyl (C=O) groups is 1. The van der Waals surface area contributed by atoms with E-state index in [-0.39, 0.29) is 5.91 Å². The Bertz CT molecular complexity index is 1080. The molecule has 0 aliphatic carbocycles. The third-order valence-corrected chi connectivity index (χ3v) is 5.48. The number of aromatic nitrogens is 2. The number of anilines is 1. The molecule has 7 heteroatoms. The predicted octanol–water partition coefficient (Wildman–Crippen LogP) is 5.52. The van der Waals surface area contributed by atoms with Crippen LogP contribution in [0, 0.1) is 0 Å². The lowest BCUT2D eigenvalue weighted by atomic mass is 10.2. The molecule has 0 N–H and O–H groups in total. The van der Waals surface area contributed by atoms with E-state index in [0.717, 1.165) is 14.7 Å².